The van der Waals surface area contributed by atoms with Crippen molar-refractivity contribution in [2.45, 2.75) is 38.0 Å². The molecule has 0 aliphatic carbocycles. The Morgan fingerprint density at radius 2 is 1.69 bits per heavy atom. The minimum atomic E-state index is -3.52. The number of hydrogen-bond acceptors (Lipinski definition) is 5. The van der Waals surface area contributed by atoms with Crippen LogP contribution in [0.1, 0.15) is 40.2 Å². The summed E-state index contributed by atoms with van der Waals surface area (Å²) in [5, 5.41) is 4.26. The van der Waals surface area contributed by atoms with E-state index in [-0.39, 0.29) is 22.8 Å². The Bertz CT molecular complexity index is 1020. The maximum atomic E-state index is 12.5. The van der Waals surface area contributed by atoms with Gasteiger partial charge in [-0.2, -0.15) is 9.40 Å². The van der Waals surface area contributed by atoms with Gasteiger partial charge in [-0.1, -0.05) is 0 Å². The number of benzene rings is 1. The normalized spacial score (nSPS) is 14.7. The second-order valence-electron chi connectivity index (χ2n) is 7.09. The van der Waals surface area contributed by atoms with Gasteiger partial charge >= 0.3 is 0 Å². The van der Waals surface area contributed by atoms with Crippen molar-refractivity contribution in [2.24, 2.45) is 7.05 Å². The molecule has 0 unspecified atom stereocenters. The molecule has 10 heteroatoms. The molecular formula is C19H25N5O4S. The SMILES string of the molecule is Cc1nn(C)c(C)c1CC(=O)NNC(=O)c1ccc(S(=O)(=O)N2CCCC2)cc1. The third-order valence-corrected chi connectivity index (χ3v) is 7.04. The lowest BCUT2D eigenvalue weighted by atomic mass is 10.1. The van der Waals surface area contributed by atoms with Gasteiger partial charge in [-0.25, -0.2) is 8.42 Å². The summed E-state index contributed by atoms with van der Waals surface area (Å²) >= 11 is 0. The summed E-state index contributed by atoms with van der Waals surface area (Å²) in [5.41, 5.74) is 7.45. The second-order valence-corrected chi connectivity index (χ2v) is 9.03. The van der Waals surface area contributed by atoms with Crippen LogP contribution in [-0.2, 0) is 28.3 Å². The summed E-state index contributed by atoms with van der Waals surface area (Å²) < 4.78 is 28.2. The average Bonchev–Trinajstić information content (AvgIpc) is 3.32. The number of sulfonamides is 1. The smallest absolute Gasteiger partial charge is 0.269 e. The zero-order valence-electron chi connectivity index (χ0n) is 16.7. The third-order valence-electron chi connectivity index (χ3n) is 5.13. The van der Waals surface area contributed by atoms with E-state index in [1.807, 2.05) is 13.8 Å². The van der Waals surface area contributed by atoms with Crippen molar-refractivity contribution in [3.05, 3.63) is 46.8 Å². The zero-order chi connectivity index (χ0) is 21.2. The van der Waals surface area contributed by atoms with Crippen LogP contribution in [0.3, 0.4) is 0 Å². The van der Waals surface area contributed by atoms with Crippen LogP contribution in [-0.4, -0.2) is 47.4 Å². The van der Waals surface area contributed by atoms with Gasteiger partial charge in [0.2, 0.25) is 15.9 Å². The number of carbonyl (C=O) groups excluding carboxylic acids is 2. The number of nitrogens with one attached hydrogen (secondary N) is 2. The molecule has 1 aromatic carbocycles. The Hall–Kier alpha value is -2.72. The molecule has 0 radical (unpaired) electrons. The van der Waals surface area contributed by atoms with Gasteiger partial charge in [0.1, 0.15) is 0 Å². The van der Waals surface area contributed by atoms with Crippen LogP contribution in [0.5, 0.6) is 0 Å². The van der Waals surface area contributed by atoms with Gasteiger partial charge < -0.3 is 0 Å². The Morgan fingerprint density at radius 1 is 1.07 bits per heavy atom. The first kappa shape index (κ1) is 21.0. The number of aryl methyl sites for hydroxylation is 2. The minimum Gasteiger partial charge on any atom is -0.273 e. The van der Waals surface area contributed by atoms with Crippen molar-refractivity contribution >= 4 is 21.8 Å². The lowest BCUT2D eigenvalue weighted by Crippen LogP contribution is -2.42. The van der Waals surface area contributed by atoms with E-state index in [4.69, 9.17) is 0 Å². The van der Waals surface area contributed by atoms with Gasteiger partial charge in [-0.05, 0) is 51.0 Å². The molecule has 2 amide bonds. The fourth-order valence-electron chi connectivity index (χ4n) is 3.33. The van der Waals surface area contributed by atoms with Crippen molar-refractivity contribution in [2.75, 3.05) is 13.1 Å². The Balaban J connectivity index is 1.59. The average molecular weight is 420 g/mol. The predicted molar refractivity (Wildman–Crippen MR) is 106 cm³/mol. The second kappa shape index (κ2) is 8.34. The first-order valence-electron chi connectivity index (χ1n) is 9.38. The standard InChI is InChI=1S/C19H25N5O4S/c1-13-17(14(2)23(3)22-13)12-18(25)20-21-19(26)15-6-8-16(9-7-15)29(27,28)24-10-4-5-11-24/h6-9H,4-5,10-12H2,1-3H3,(H,20,25)(H,21,26). The van der Waals surface area contributed by atoms with Crippen molar-refractivity contribution in [3.8, 4) is 0 Å². The monoisotopic (exact) mass is 419 g/mol. The van der Waals surface area contributed by atoms with Gasteiger partial charge in [0, 0.05) is 37.0 Å². The van der Waals surface area contributed by atoms with E-state index in [1.54, 1.807) is 11.7 Å². The van der Waals surface area contributed by atoms with Crippen LogP contribution in [0.15, 0.2) is 29.2 Å². The number of aromatic nitrogens is 2. The number of carbonyl (C=O) groups is 2. The highest BCUT2D eigenvalue weighted by Crippen LogP contribution is 2.21. The fourth-order valence-corrected chi connectivity index (χ4v) is 4.85. The molecule has 0 saturated carbocycles. The van der Waals surface area contributed by atoms with Gasteiger partial charge in [-0.3, -0.25) is 25.1 Å². The molecule has 0 bridgehead atoms. The molecule has 3 rings (SSSR count). The van der Waals surface area contributed by atoms with Crippen molar-refractivity contribution < 1.29 is 18.0 Å². The molecule has 0 spiro atoms. The van der Waals surface area contributed by atoms with E-state index in [1.165, 1.54) is 28.6 Å². The molecule has 1 aliphatic rings. The van der Waals surface area contributed by atoms with Crippen LogP contribution in [0.25, 0.3) is 0 Å². The topological polar surface area (TPSA) is 113 Å². The molecule has 2 N–H and O–H groups in total. The maximum Gasteiger partial charge on any atom is 0.269 e. The molecule has 2 heterocycles. The molecule has 1 fully saturated rings. The van der Waals surface area contributed by atoms with E-state index in [9.17, 15) is 18.0 Å². The first-order chi connectivity index (χ1) is 13.7. The molecule has 9 nitrogen and oxygen atoms in total. The number of rotatable bonds is 5. The molecule has 156 valence electrons. The lowest BCUT2D eigenvalue weighted by molar-refractivity contribution is -0.121. The van der Waals surface area contributed by atoms with E-state index in [2.05, 4.69) is 16.0 Å². The van der Waals surface area contributed by atoms with Gasteiger partial charge in [-0.15, -0.1) is 0 Å². The van der Waals surface area contributed by atoms with Gasteiger partial charge in [0.25, 0.3) is 5.91 Å². The van der Waals surface area contributed by atoms with Crippen LogP contribution in [0, 0.1) is 13.8 Å². The van der Waals surface area contributed by atoms with E-state index >= 15 is 0 Å². The van der Waals surface area contributed by atoms with E-state index in [0.29, 0.717) is 13.1 Å². The minimum absolute atomic E-state index is 0.0960. The number of hydrogen-bond donors (Lipinski definition) is 2. The van der Waals surface area contributed by atoms with Crippen LogP contribution in [0.2, 0.25) is 0 Å². The van der Waals surface area contributed by atoms with E-state index < -0.39 is 15.9 Å². The van der Waals surface area contributed by atoms with Crippen LogP contribution < -0.4 is 10.9 Å². The summed E-state index contributed by atoms with van der Waals surface area (Å²) in [7, 11) is -1.72. The molecule has 2 aromatic rings. The quantitative estimate of drug-likeness (QED) is 0.697. The van der Waals surface area contributed by atoms with Crippen molar-refractivity contribution in [1.29, 1.82) is 0 Å². The molecule has 0 atom stereocenters. The van der Waals surface area contributed by atoms with Gasteiger partial charge in [0.05, 0.1) is 17.0 Å². The molecular weight excluding hydrogens is 394 g/mol. The third kappa shape index (κ3) is 4.48. The van der Waals surface area contributed by atoms with Crippen LogP contribution >= 0.6 is 0 Å². The summed E-state index contributed by atoms with van der Waals surface area (Å²) in [4.78, 5) is 24.6. The lowest BCUT2D eigenvalue weighted by Gasteiger charge is -2.15. The zero-order valence-corrected chi connectivity index (χ0v) is 17.5. The number of amides is 2. The van der Waals surface area contributed by atoms with Crippen LogP contribution in [0.4, 0.5) is 0 Å². The Morgan fingerprint density at radius 3 is 2.24 bits per heavy atom. The molecule has 1 saturated heterocycles. The van der Waals surface area contributed by atoms with Crippen molar-refractivity contribution in [3.63, 3.8) is 0 Å². The highest BCUT2D eigenvalue weighted by atomic mass is 32.2. The predicted octanol–water partition coefficient (Wildman–Crippen LogP) is 0.825. The molecule has 29 heavy (non-hydrogen) atoms. The highest BCUT2D eigenvalue weighted by molar-refractivity contribution is 7.89. The Kier molecular flexibility index (Phi) is 6.04. The molecule has 1 aliphatic heterocycles. The first-order valence-corrected chi connectivity index (χ1v) is 10.8. The Labute approximate surface area is 170 Å². The summed E-state index contributed by atoms with van der Waals surface area (Å²) in [6.07, 6.45) is 1.81. The highest BCUT2D eigenvalue weighted by Gasteiger charge is 2.27. The number of hydrazine groups is 1. The van der Waals surface area contributed by atoms with Gasteiger partial charge in [0.15, 0.2) is 0 Å². The fraction of sp³-hybridized carbons (Fsp3) is 0.421. The van der Waals surface area contributed by atoms with Crippen molar-refractivity contribution in [1.82, 2.24) is 24.9 Å². The summed E-state index contributed by atoms with van der Waals surface area (Å²) in [6.45, 7) is 4.74. The summed E-state index contributed by atoms with van der Waals surface area (Å²) in [6, 6.07) is 5.68. The molecule has 1 aromatic heterocycles. The van der Waals surface area contributed by atoms with E-state index in [0.717, 1.165) is 29.8 Å². The maximum absolute atomic E-state index is 12.5. The number of nitrogens with zero attached hydrogens (tertiary/aromatic N) is 3. The summed E-state index contributed by atoms with van der Waals surface area (Å²) in [5.74, 6) is -0.895. The largest absolute Gasteiger partial charge is 0.273 e.